The second-order valence-electron chi connectivity index (χ2n) is 6.82. The molecule has 156 valence electrons. The van der Waals surface area contributed by atoms with Crippen molar-refractivity contribution in [2.75, 3.05) is 11.9 Å². The number of anilines is 1. The fraction of sp³-hybridized carbons (Fsp3) is 0.389. The molecule has 0 bridgehead atoms. The summed E-state index contributed by atoms with van der Waals surface area (Å²) in [7, 11) is -3.97. The number of amides is 2. The summed E-state index contributed by atoms with van der Waals surface area (Å²) >= 11 is 0. The Labute approximate surface area is 168 Å². The zero-order valence-corrected chi connectivity index (χ0v) is 17.2. The maximum Gasteiger partial charge on any atom is 0.262 e. The molecule has 0 radical (unpaired) electrons. The minimum absolute atomic E-state index is 0.0403. The lowest BCUT2D eigenvalue weighted by atomic mass is 10.1. The lowest BCUT2D eigenvalue weighted by molar-refractivity contribution is -0.123. The molecule has 1 aliphatic rings. The van der Waals surface area contributed by atoms with Crippen LogP contribution in [0.25, 0.3) is 0 Å². The molecule has 1 unspecified atom stereocenters. The third-order valence-electron chi connectivity index (χ3n) is 4.46. The summed E-state index contributed by atoms with van der Waals surface area (Å²) in [5.41, 5.74) is 1.46. The van der Waals surface area contributed by atoms with Gasteiger partial charge in [0.2, 0.25) is 15.9 Å². The Kier molecular flexibility index (Phi) is 5.62. The average Bonchev–Trinajstić information content (AvgIpc) is 2.99. The van der Waals surface area contributed by atoms with Gasteiger partial charge in [0.15, 0.2) is 12.4 Å². The van der Waals surface area contributed by atoms with Crippen LogP contribution in [0.2, 0.25) is 0 Å². The summed E-state index contributed by atoms with van der Waals surface area (Å²) in [5, 5.41) is 9.09. The average molecular weight is 422 g/mol. The van der Waals surface area contributed by atoms with Gasteiger partial charge in [-0.3, -0.25) is 9.59 Å². The molecule has 2 heterocycles. The molecule has 1 aromatic heterocycles. The molecular weight excluding hydrogens is 400 g/mol. The number of rotatable bonds is 6. The maximum absolute atomic E-state index is 12.6. The fourth-order valence-corrected chi connectivity index (χ4v) is 4.53. The van der Waals surface area contributed by atoms with Gasteiger partial charge in [-0.25, -0.2) is 8.42 Å². The van der Waals surface area contributed by atoms with Crippen LogP contribution in [0, 0.1) is 13.8 Å². The number of hydrogen-bond acceptors (Lipinski definition) is 7. The van der Waals surface area contributed by atoms with E-state index in [1.54, 1.807) is 25.1 Å². The van der Waals surface area contributed by atoms with Gasteiger partial charge in [0.05, 0.1) is 17.8 Å². The van der Waals surface area contributed by atoms with Gasteiger partial charge in [-0.1, -0.05) is 11.2 Å². The number of nitrogens with one attached hydrogen (secondary N) is 3. The maximum atomic E-state index is 12.6. The topological polar surface area (TPSA) is 140 Å². The van der Waals surface area contributed by atoms with E-state index in [4.69, 9.17) is 9.26 Å². The minimum atomic E-state index is -3.97. The van der Waals surface area contributed by atoms with E-state index < -0.39 is 28.0 Å². The zero-order valence-electron chi connectivity index (χ0n) is 16.4. The summed E-state index contributed by atoms with van der Waals surface area (Å²) in [6.07, 6.45) is 0. The molecule has 29 heavy (non-hydrogen) atoms. The molecule has 0 aliphatic carbocycles. The Bertz CT molecular complexity index is 1040. The molecule has 0 fully saturated rings. The summed E-state index contributed by atoms with van der Waals surface area (Å²) in [6.45, 7) is 6.15. The molecule has 2 amide bonds. The van der Waals surface area contributed by atoms with Crippen molar-refractivity contribution >= 4 is 27.5 Å². The van der Waals surface area contributed by atoms with E-state index in [1.165, 1.54) is 20.8 Å². The van der Waals surface area contributed by atoms with E-state index in [2.05, 4.69) is 20.5 Å². The Morgan fingerprint density at radius 1 is 1.28 bits per heavy atom. The van der Waals surface area contributed by atoms with E-state index in [1.807, 2.05) is 0 Å². The highest BCUT2D eigenvalue weighted by atomic mass is 32.2. The molecule has 0 saturated carbocycles. The predicted octanol–water partition coefficient (Wildman–Crippen LogP) is 1.17. The second kappa shape index (κ2) is 7.84. The molecule has 0 spiro atoms. The molecule has 11 heteroatoms. The van der Waals surface area contributed by atoms with Crippen molar-refractivity contribution < 1.29 is 27.3 Å². The van der Waals surface area contributed by atoms with Crippen LogP contribution in [0.15, 0.2) is 27.6 Å². The highest BCUT2D eigenvalue weighted by Crippen LogP contribution is 2.30. The van der Waals surface area contributed by atoms with Gasteiger partial charge in [-0.05, 0) is 45.4 Å². The van der Waals surface area contributed by atoms with Crippen molar-refractivity contribution in [3.63, 3.8) is 0 Å². The van der Waals surface area contributed by atoms with E-state index in [9.17, 15) is 18.0 Å². The molecule has 0 saturated heterocycles. The number of ether oxygens (including phenoxy) is 1. The quantitative estimate of drug-likeness (QED) is 0.635. The normalized spacial score (nSPS) is 15.7. The van der Waals surface area contributed by atoms with Gasteiger partial charge in [0.25, 0.3) is 5.91 Å². The smallest absolute Gasteiger partial charge is 0.262 e. The van der Waals surface area contributed by atoms with Gasteiger partial charge < -0.3 is 19.9 Å². The summed E-state index contributed by atoms with van der Waals surface area (Å²) in [6, 6.07) is 3.71. The largest absolute Gasteiger partial charge is 0.482 e. The van der Waals surface area contributed by atoms with Crippen molar-refractivity contribution in [1.29, 1.82) is 0 Å². The van der Waals surface area contributed by atoms with E-state index in [0.29, 0.717) is 11.4 Å². The molecular formula is C18H22N4O6S. The Hall–Kier alpha value is -2.92. The van der Waals surface area contributed by atoms with Crippen molar-refractivity contribution in [2.45, 2.75) is 44.7 Å². The van der Waals surface area contributed by atoms with E-state index in [0.717, 1.165) is 5.56 Å². The first-order chi connectivity index (χ1) is 13.6. The van der Waals surface area contributed by atoms with Gasteiger partial charge in [0, 0.05) is 0 Å². The fourth-order valence-electron chi connectivity index (χ4n) is 3.00. The van der Waals surface area contributed by atoms with Gasteiger partial charge in [0.1, 0.15) is 16.3 Å². The standard InChI is InChI=1S/C18H22N4O6S/c1-9(13-5-6-15-14(7-13)20-16(23)8-27-15)19-18(24)11(3)22-29(25,26)17-10(2)21-28-12(17)4/h5-7,9,11,22H,8H2,1-4H3,(H,19,24)(H,20,23)/t9?,11-/m0/s1. The minimum Gasteiger partial charge on any atom is -0.482 e. The molecule has 1 aliphatic heterocycles. The second-order valence-corrected chi connectivity index (χ2v) is 8.47. The summed E-state index contributed by atoms with van der Waals surface area (Å²) in [4.78, 5) is 23.9. The van der Waals surface area contributed by atoms with Crippen LogP contribution in [-0.4, -0.2) is 38.0 Å². The number of hydrogen-bond donors (Lipinski definition) is 3. The first-order valence-electron chi connectivity index (χ1n) is 8.90. The highest BCUT2D eigenvalue weighted by Gasteiger charge is 2.28. The number of aryl methyl sites for hydroxylation is 2. The summed E-state index contributed by atoms with van der Waals surface area (Å²) < 4.78 is 37.6. The van der Waals surface area contributed by atoms with E-state index >= 15 is 0 Å². The Balaban J connectivity index is 1.68. The summed E-state index contributed by atoms with van der Waals surface area (Å²) in [5.74, 6) is -0.0682. The number of carbonyl (C=O) groups excluding carboxylic acids is 2. The first kappa shape index (κ1) is 20.8. The molecule has 2 atom stereocenters. The Morgan fingerprint density at radius 3 is 2.66 bits per heavy atom. The lowest BCUT2D eigenvalue weighted by Gasteiger charge is -2.22. The van der Waals surface area contributed by atoms with Crippen LogP contribution < -0.4 is 20.1 Å². The number of aromatic nitrogens is 1. The highest BCUT2D eigenvalue weighted by molar-refractivity contribution is 7.89. The number of fused-ring (bicyclic) bond motifs is 1. The van der Waals surface area contributed by atoms with Gasteiger partial charge in [-0.2, -0.15) is 4.72 Å². The van der Waals surface area contributed by atoms with Crippen molar-refractivity contribution in [1.82, 2.24) is 15.2 Å². The van der Waals surface area contributed by atoms with E-state index in [-0.39, 0.29) is 28.9 Å². The predicted molar refractivity (Wildman–Crippen MR) is 103 cm³/mol. The SMILES string of the molecule is Cc1noc(C)c1S(=O)(=O)N[C@@H](C)C(=O)NC(C)c1ccc2c(c1)NC(=O)CO2. The number of sulfonamides is 1. The van der Waals surface area contributed by atoms with Crippen LogP contribution in [0.5, 0.6) is 5.75 Å². The number of nitrogens with zero attached hydrogens (tertiary/aromatic N) is 1. The van der Waals surface area contributed by atoms with Gasteiger partial charge in [-0.15, -0.1) is 0 Å². The molecule has 10 nitrogen and oxygen atoms in total. The molecule has 3 N–H and O–H groups in total. The van der Waals surface area contributed by atoms with Crippen LogP contribution in [0.3, 0.4) is 0 Å². The van der Waals surface area contributed by atoms with Crippen LogP contribution >= 0.6 is 0 Å². The molecule has 2 aromatic rings. The Morgan fingerprint density at radius 2 is 2.00 bits per heavy atom. The van der Waals surface area contributed by atoms with Crippen LogP contribution in [0.4, 0.5) is 5.69 Å². The van der Waals surface area contributed by atoms with Crippen molar-refractivity contribution in [3.8, 4) is 5.75 Å². The first-order valence-corrected chi connectivity index (χ1v) is 10.4. The van der Waals surface area contributed by atoms with Crippen molar-refractivity contribution in [3.05, 3.63) is 35.2 Å². The number of carbonyl (C=O) groups is 2. The zero-order chi connectivity index (χ0) is 21.3. The van der Waals surface area contributed by atoms with Crippen LogP contribution in [-0.2, 0) is 19.6 Å². The monoisotopic (exact) mass is 422 g/mol. The molecule has 1 aromatic carbocycles. The third-order valence-corrected chi connectivity index (χ3v) is 6.24. The van der Waals surface area contributed by atoms with Gasteiger partial charge >= 0.3 is 0 Å². The number of benzene rings is 1. The third kappa shape index (κ3) is 4.40. The lowest BCUT2D eigenvalue weighted by Crippen LogP contribution is -2.45. The molecule has 3 rings (SSSR count). The van der Waals surface area contributed by atoms with Crippen LogP contribution in [0.1, 0.15) is 36.9 Å². The van der Waals surface area contributed by atoms with Crippen molar-refractivity contribution in [2.24, 2.45) is 0 Å².